The highest BCUT2D eigenvalue weighted by molar-refractivity contribution is 5.69. The Bertz CT molecular complexity index is 836. The highest BCUT2D eigenvalue weighted by atomic mass is 19.1. The number of rotatable bonds is 6. The van der Waals surface area contributed by atoms with Crippen molar-refractivity contribution in [1.29, 1.82) is 0 Å². The molecule has 0 saturated carbocycles. The zero-order valence-corrected chi connectivity index (χ0v) is 14.4. The molecule has 26 heavy (non-hydrogen) atoms. The number of aromatic amines is 1. The molecule has 1 aliphatic heterocycles. The molecule has 7 nitrogen and oxygen atoms in total. The van der Waals surface area contributed by atoms with Crippen LogP contribution in [0, 0.1) is 0 Å². The summed E-state index contributed by atoms with van der Waals surface area (Å²) in [7, 11) is 1.58. The van der Waals surface area contributed by atoms with Crippen LogP contribution in [-0.2, 0) is 17.9 Å². The number of pyridine rings is 2. The summed E-state index contributed by atoms with van der Waals surface area (Å²) in [6.07, 6.45) is 1.95. The minimum Gasteiger partial charge on any atom is -0.481 e. The molecular weight excluding hydrogens is 337 g/mol. The molecule has 0 aromatic carbocycles. The maximum absolute atomic E-state index is 14.3. The van der Waals surface area contributed by atoms with E-state index in [0.29, 0.717) is 37.0 Å². The van der Waals surface area contributed by atoms with E-state index < -0.39 is 12.3 Å². The maximum atomic E-state index is 14.3. The summed E-state index contributed by atoms with van der Waals surface area (Å²) in [5.41, 5.74) is 2.51. The van der Waals surface area contributed by atoms with E-state index in [1.54, 1.807) is 19.5 Å². The van der Waals surface area contributed by atoms with Gasteiger partial charge in [0.15, 0.2) is 5.65 Å². The van der Waals surface area contributed by atoms with Crippen molar-refractivity contribution in [3.8, 4) is 5.88 Å². The number of ether oxygens (including phenoxy) is 2. The Hall–Kier alpha value is -2.58. The van der Waals surface area contributed by atoms with E-state index in [4.69, 9.17) is 9.47 Å². The first-order valence-electron chi connectivity index (χ1n) is 8.48. The Morgan fingerprint density at radius 2 is 2.19 bits per heavy atom. The number of nitrogens with zero attached hydrogens (tertiary/aromatic N) is 4. The second-order valence-electron chi connectivity index (χ2n) is 6.33. The van der Waals surface area contributed by atoms with Crippen molar-refractivity contribution < 1.29 is 13.9 Å². The van der Waals surface area contributed by atoms with Gasteiger partial charge < -0.3 is 14.5 Å². The fourth-order valence-electron chi connectivity index (χ4n) is 3.13. The summed E-state index contributed by atoms with van der Waals surface area (Å²) in [4.78, 5) is 17.9. The minimum atomic E-state index is -1.02. The lowest BCUT2D eigenvalue weighted by Crippen LogP contribution is -2.24. The van der Waals surface area contributed by atoms with Gasteiger partial charge >= 0.3 is 0 Å². The third kappa shape index (κ3) is 3.66. The molecule has 3 aromatic heterocycles. The number of imidazole rings is 1. The molecule has 0 aliphatic carbocycles. The lowest BCUT2D eigenvalue weighted by atomic mass is 10.2. The highest BCUT2D eigenvalue weighted by Gasteiger charge is 2.33. The topological polar surface area (TPSA) is 76.2 Å². The van der Waals surface area contributed by atoms with Crippen molar-refractivity contribution in [2.24, 2.45) is 0 Å². The van der Waals surface area contributed by atoms with Gasteiger partial charge in [0.05, 0.1) is 12.6 Å². The second-order valence-corrected chi connectivity index (χ2v) is 6.33. The molecule has 4 rings (SSSR count). The number of nitrogens with one attached hydrogen (secondary N) is 1. The van der Waals surface area contributed by atoms with Crippen LogP contribution in [0.4, 0.5) is 4.39 Å². The molecular formula is C18H20FN5O2. The number of fused-ring (bicyclic) bond motifs is 1. The van der Waals surface area contributed by atoms with Crippen LogP contribution < -0.4 is 4.74 Å². The lowest BCUT2D eigenvalue weighted by Gasteiger charge is -2.15. The van der Waals surface area contributed by atoms with Crippen LogP contribution >= 0.6 is 0 Å². The van der Waals surface area contributed by atoms with Gasteiger partial charge in [-0.25, -0.2) is 19.3 Å². The fourth-order valence-corrected chi connectivity index (χ4v) is 3.13. The molecule has 8 heteroatoms. The summed E-state index contributed by atoms with van der Waals surface area (Å²) in [6.45, 7) is 1.75. The van der Waals surface area contributed by atoms with Gasteiger partial charge in [0, 0.05) is 38.1 Å². The summed E-state index contributed by atoms with van der Waals surface area (Å²) < 4.78 is 25.1. The number of halogens is 1. The lowest BCUT2D eigenvalue weighted by molar-refractivity contribution is 0.00863. The number of hydrogen-bond donors (Lipinski definition) is 1. The van der Waals surface area contributed by atoms with Crippen molar-refractivity contribution in [2.45, 2.75) is 25.4 Å². The predicted octanol–water partition coefficient (Wildman–Crippen LogP) is 2.10. The molecule has 0 unspecified atom stereocenters. The van der Waals surface area contributed by atoms with Gasteiger partial charge in [-0.3, -0.25) is 4.90 Å². The van der Waals surface area contributed by atoms with Gasteiger partial charge in [-0.05, 0) is 17.7 Å². The molecule has 136 valence electrons. The Kier molecular flexibility index (Phi) is 4.77. The van der Waals surface area contributed by atoms with Crippen molar-refractivity contribution in [1.82, 2.24) is 24.8 Å². The molecule has 1 saturated heterocycles. The van der Waals surface area contributed by atoms with Crippen molar-refractivity contribution in [3.63, 3.8) is 0 Å². The largest absolute Gasteiger partial charge is 0.481 e. The van der Waals surface area contributed by atoms with Crippen LogP contribution in [0.25, 0.3) is 11.2 Å². The molecule has 0 radical (unpaired) electrons. The molecule has 1 aliphatic rings. The molecule has 3 aromatic rings. The van der Waals surface area contributed by atoms with Crippen LogP contribution in [-0.4, -0.2) is 57.3 Å². The SMILES string of the molecule is COc1ccc(CN2C[C@@H](F)[C@@H](OCc3nc4ncccc4[nH]3)C2)cn1. The normalized spacial score (nSPS) is 20.7. The monoisotopic (exact) mass is 357 g/mol. The summed E-state index contributed by atoms with van der Waals surface area (Å²) >= 11 is 0. The van der Waals surface area contributed by atoms with E-state index in [1.165, 1.54) is 0 Å². The van der Waals surface area contributed by atoms with Crippen LogP contribution in [0.3, 0.4) is 0 Å². The van der Waals surface area contributed by atoms with Gasteiger partial charge in [0.2, 0.25) is 5.88 Å². The zero-order chi connectivity index (χ0) is 17.9. The first kappa shape index (κ1) is 16.9. The number of aromatic nitrogens is 4. The van der Waals surface area contributed by atoms with Gasteiger partial charge in [-0.15, -0.1) is 0 Å². The average molecular weight is 357 g/mol. The van der Waals surface area contributed by atoms with Crippen LogP contribution in [0.15, 0.2) is 36.7 Å². The molecule has 0 bridgehead atoms. The highest BCUT2D eigenvalue weighted by Crippen LogP contribution is 2.21. The van der Waals surface area contributed by atoms with E-state index >= 15 is 0 Å². The van der Waals surface area contributed by atoms with E-state index in [2.05, 4.69) is 19.9 Å². The standard InChI is InChI=1S/C18H20FN5O2/c1-25-17-5-4-12(7-21-17)8-24-9-13(19)15(10-24)26-11-16-22-14-3-2-6-20-18(14)23-16/h2-7,13,15H,8-11H2,1H3,(H,20,22,23)/t13-,15+/m1/s1. The second kappa shape index (κ2) is 7.35. The van der Waals surface area contributed by atoms with Gasteiger partial charge in [-0.1, -0.05) is 6.07 Å². The number of alkyl halides is 1. The molecule has 0 amide bonds. The zero-order valence-electron chi connectivity index (χ0n) is 14.4. The third-order valence-corrected chi connectivity index (χ3v) is 4.43. The van der Waals surface area contributed by atoms with Crippen LogP contribution in [0.2, 0.25) is 0 Å². The van der Waals surface area contributed by atoms with E-state index in [0.717, 1.165) is 11.1 Å². The van der Waals surface area contributed by atoms with E-state index in [-0.39, 0.29) is 6.61 Å². The first-order valence-corrected chi connectivity index (χ1v) is 8.48. The maximum Gasteiger partial charge on any atom is 0.212 e. The summed E-state index contributed by atoms with van der Waals surface area (Å²) in [5.74, 6) is 1.23. The fraction of sp³-hybridized carbons (Fsp3) is 0.389. The Morgan fingerprint density at radius 3 is 2.96 bits per heavy atom. The molecule has 0 spiro atoms. The number of hydrogen-bond acceptors (Lipinski definition) is 6. The van der Waals surface area contributed by atoms with Crippen molar-refractivity contribution >= 4 is 11.2 Å². The predicted molar refractivity (Wildman–Crippen MR) is 93.4 cm³/mol. The Morgan fingerprint density at radius 1 is 1.27 bits per heavy atom. The minimum absolute atomic E-state index is 0.235. The first-order chi connectivity index (χ1) is 12.7. The Labute approximate surface area is 150 Å². The summed E-state index contributed by atoms with van der Waals surface area (Å²) in [5, 5.41) is 0. The van der Waals surface area contributed by atoms with Gasteiger partial charge in [0.25, 0.3) is 0 Å². The van der Waals surface area contributed by atoms with Gasteiger partial charge in [-0.2, -0.15) is 0 Å². The van der Waals surface area contributed by atoms with Crippen molar-refractivity contribution in [3.05, 3.63) is 48.0 Å². The van der Waals surface area contributed by atoms with E-state index in [1.807, 2.05) is 29.2 Å². The van der Waals surface area contributed by atoms with Gasteiger partial charge in [0.1, 0.15) is 24.7 Å². The molecule has 1 N–H and O–H groups in total. The van der Waals surface area contributed by atoms with Crippen molar-refractivity contribution in [2.75, 3.05) is 20.2 Å². The van der Waals surface area contributed by atoms with Crippen LogP contribution in [0.5, 0.6) is 5.88 Å². The number of likely N-dealkylation sites (tertiary alicyclic amines) is 1. The number of methoxy groups -OCH3 is 1. The quantitative estimate of drug-likeness (QED) is 0.728. The Balaban J connectivity index is 1.33. The third-order valence-electron chi connectivity index (χ3n) is 4.43. The average Bonchev–Trinajstić information content (AvgIpc) is 3.23. The summed E-state index contributed by atoms with van der Waals surface area (Å²) in [6, 6.07) is 7.49. The smallest absolute Gasteiger partial charge is 0.212 e. The number of H-pyrrole nitrogens is 1. The molecule has 1 fully saturated rings. The van der Waals surface area contributed by atoms with E-state index in [9.17, 15) is 4.39 Å². The molecule has 2 atom stereocenters. The molecule has 4 heterocycles. The van der Waals surface area contributed by atoms with Crippen LogP contribution in [0.1, 0.15) is 11.4 Å².